The minimum absolute atomic E-state index is 0.0564. The predicted octanol–water partition coefficient (Wildman–Crippen LogP) is 3.24. The number of anilines is 2. The van der Waals surface area contributed by atoms with Crippen molar-refractivity contribution in [2.45, 2.75) is 25.9 Å². The zero-order valence-corrected chi connectivity index (χ0v) is 15.2. The number of carbonyl (C=O) groups excluding carboxylic acids is 2. The van der Waals surface area contributed by atoms with Crippen LogP contribution < -0.4 is 9.80 Å². The van der Waals surface area contributed by atoms with E-state index in [1.165, 1.54) is 18.2 Å². The molecular weight excluding hydrogens is 361 g/mol. The molecule has 0 saturated carbocycles. The zero-order valence-electron chi connectivity index (χ0n) is 15.2. The third-order valence-electron chi connectivity index (χ3n) is 4.55. The Morgan fingerprint density at radius 3 is 2.52 bits per heavy atom. The number of carbonyl (C=O) groups is 2. The maximum atomic E-state index is 12.7. The third kappa shape index (κ3) is 4.94. The van der Waals surface area contributed by atoms with Crippen molar-refractivity contribution in [3.8, 4) is 12.3 Å². The predicted molar refractivity (Wildman–Crippen MR) is 95.6 cm³/mol. The SMILES string of the molecule is C#CCOC(=O)c1cc(N(C)C(=O)C(F)(F)F)ccc1N1CCC(C)CC1. The normalized spacial score (nSPS) is 15.2. The Bertz CT molecular complexity index is 748. The summed E-state index contributed by atoms with van der Waals surface area (Å²) >= 11 is 0. The maximum Gasteiger partial charge on any atom is 0.471 e. The van der Waals surface area contributed by atoms with Gasteiger partial charge in [-0.25, -0.2) is 4.79 Å². The van der Waals surface area contributed by atoms with Crippen LogP contribution in [-0.4, -0.2) is 44.8 Å². The Hall–Kier alpha value is -2.69. The molecule has 0 radical (unpaired) electrons. The molecule has 1 aromatic rings. The van der Waals surface area contributed by atoms with Crippen molar-refractivity contribution in [2.75, 3.05) is 36.5 Å². The van der Waals surface area contributed by atoms with Crippen molar-refractivity contribution >= 4 is 23.3 Å². The summed E-state index contributed by atoms with van der Waals surface area (Å²) in [7, 11) is 1.00. The molecule has 1 amide bonds. The summed E-state index contributed by atoms with van der Waals surface area (Å²) in [6.07, 6.45) is 1.96. The Balaban J connectivity index is 2.38. The van der Waals surface area contributed by atoms with Crippen molar-refractivity contribution in [3.63, 3.8) is 0 Å². The van der Waals surface area contributed by atoms with Crippen molar-refractivity contribution in [1.82, 2.24) is 0 Å². The topological polar surface area (TPSA) is 49.9 Å². The van der Waals surface area contributed by atoms with Gasteiger partial charge >= 0.3 is 18.1 Å². The summed E-state index contributed by atoms with van der Waals surface area (Å²) in [5.41, 5.74) is 0.582. The van der Waals surface area contributed by atoms with Crippen molar-refractivity contribution in [1.29, 1.82) is 0 Å². The Morgan fingerprint density at radius 1 is 1.33 bits per heavy atom. The zero-order chi connectivity index (χ0) is 20.2. The molecule has 0 aromatic heterocycles. The minimum atomic E-state index is -5.01. The lowest BCUT2D eigenvalue weighted by Crippen LogP contribution is -2.38. The summed E-state index contributed by atoms with van der Waals surface area (Å²) < 4.78 is 43.1. The van der Waals surface area contributed by atoms with Crippen molar-refractivity contribution < 1.29 is 27.5 Å². The average Bonchev–Trinajstić information content (AvgIpc) is 2.64. The van der Waals surface area contributed by atoms with Crippen LogP contribution in [0.5, 0.6) is 0 Å². The Labute approximate surface area is 156 Å². The second kappa shape index (κ2) is 8.33. The van der Waals surface area contributed by atoms with E-state index in [-0.39, 0.29) is 17.9 Å². The molecule has 1 heterocycles. The fraction of sp³-hybridized carbons (Fsp3) is 0.474. The molecule has 0 N–H and O–H groups in total. The molecule has 27 heavy (non-hydrogen) atoms. The highest BCUT2D eigenvalue weighted by Crippen LogP contribution is 2.31. The van der Waals surface area contributed by atoms with Gasteiger partial charge in [0.15, 0.2) is 6.61 Å². The highest BCUT2D eigenvalue weighted by Gasteiger charge is 2.42. The van der Waals surface area contributed by atoms with Gasteiger partial charge in [0, 0.05) is 25.8 Å². The van der Waals surface area contributed by atoms with E-state index in [0.29, 0.717) is 29.6 Å². The van der Waals surface area contributed by atoms with Gasteiger partial charge in [-0.15, -0.1) is 6.42 Å². The number of amides is 1. The summed E-state index contributed by atoms with van der Waals surface area (Å²) in [6.45, 7) is 3.32. The molecular formula is C19H21F3N2O3. The lowest BCUT2D eigenvalue weighted by molar-refractivity contribution is -0.170. The van der Waals surface area contributed by atoms with Crippen molar-refractivity contribution in [2.24, 2.45) is 5.92 Å². The van der Waals surface area contributed by atoms with E-state index in [1.807, 2.05) is 4.90 Å². The lowest BCUT2D eigenvalue weighted by Gasteiger charge is -2.33. The van der Waals surface area contributed by atoms with Crippen LogP contribution in [0.3, 0.4) is 0 Å². The van der Waals surface area contributed by atoms with Crippen LogP contribution >= 0.6 is 0 Å². The molecule has 146 valence electrons. The largest absolute Gasteiger partial charge is 0.471 e. The molecule has 5 nitrogen and oxygen atoms in total. The summed E-state index contributed by atoms with van der Waals surface area (Å²) in [5.74, 6) is -0.0211. The van der Waals surface area contributed by atoms with Crippen LogP contribution in [0.2, 0.25) is 0 Å². The van der Waals surface area contributed by atoms with E-state index < -0.39 is 18.1 Å². The number of ether oxygens (including phenoxy) is 1. The van der Waals surface area contributed by atoms with Crippen LogP contribution in [0.15, 0.2) is 18.2 Å². The number of hydrogen-bond donors (Lipinski definition) is 0. The molecule has 1 saturated heterocycles. The summed E-state index contributed by atoms with van der Waals surface area (Å²) in [4.78, 5) is 26.3. The molecule has 2 rings (SSSR count). The molecule has 1 aliphatic heterocycles. The van der Waals surface area contributed by atoms with Gasteiger partial charge in [-0.1, -0.05) is 12.8 Å². The maximum absolute atomic E-state index is 12.7. The minimum Gasteiger partial charge on any atom is -0.449 e. The van der Waals surface area contributed by atoms with Crippen LogP contribution in [0, 0.1) is 18.3 Å². The number of esters is 1. The molecule has 0 unspecified atom stereocenters. The second-order valence-electron chi connectivity index (χ2n) is 6.51. The van der Waals surface area contributed by atoms with E-state index in [9.17, 15) is 22.8 Å². The number of piperidine rings is 1. The van der Waals surface area contributed by atoms with Crippen LogP contribution in [0.1, 0.15) is 30.1 Å². The molecule has 0 bridgehead atoms. The van der Waals surface area contributed by atoms with Gasteiger partial charge in [0.05, 0.1) is 11.3 Å². The Kier molecular flexibility index (Phi) is 6.37. The number of hydrogen-bond acceptors (Lipinski definition) is 4. The first-order valence-corrected chi connectivity index (χ1v) is 8.49. The van der Waals surface area contributed by atoms with Gasteiger partial charge in [0.25, 0.3) is 0 Å². The van der Waals surface area contributed by atoms with Gasteiger partial charge in [-0.3, -0.25) is 4.79 Å². The molecule has 1 aromatic carbocycles. The van der Waals surface area contributed by atoms with Gasteiger partial charge < -0.3 is 14.5 Å². The number of halogens is 3. The van der Waals surface area contributed by atoms with E-state index in [4.69, 9.17) is 11.2 Å². The third-order valence-corrected chi connectivity index (χ3v) is 4.55. The van der Waals surface area contributed by atoms with E-state index in [0.717, 1.165) is 19.9 Å². The van der Waals surface area contributed by atoms with Crippen LogP contribution in [0.4, 0.5) is 24.5 Å². The molecule has 1 aliphatic rings. The fourth-order valence-electron chi connectivity index (χ4n) is 2.91. The quantitative estimate of drug-likeness (QED) is 0.593. The number of benzene rings is 1. The monoisotopic (exact) mass is 382 g/mol. The number of terminal acetylenes is 1. The standard InChI is InChI=1S/C19H21F3N2O3/c1-4-11-27-17(25)15-12-14(23(3)18(26)19(20,21)22)5-6-16(15)24-9-7-13(2)8-10-24/h1,5-6,12-13H,7-11H2,2-3H3. The highest BCUT2D eigenvalue weighted by atomic mass is 19.4. The second-order valence-corrected chi connectivity index (χ2v) is 6.51. The van der Waals surface area contributed by atoms with Gasteiger partial charge in [0.1, 0.15) is 0 Å². The molecule has 1 fully saturated rings. The summed E-state index contributed by atoms with van der Waals surface area (Å²) in [6, 6.07) is 4.16. The van der Waals surface area contributed by atoms with Crippen molar-refractivity contribution in [3.05, 3.63) is 23.8 Å². The molecule has 0 atom stereocenters. The van der Waals surface area contributed by atoms with E-state index in [1.54, 1.807) is 0 Å². The highest BCUT2D eigenvalue weighted by molar-refractivity contribution is 6.01. The first kappa shape index (κ1) is 20.6. The number of rotatable bonds is 4. The first-order chi connectivity index (χ1) is 12.6. The lowest BCUT2D eigenvalue weighted by atomic mass is 9.98. The summed E-state index contributed by atoms with van der Waals surface area (Å²) in [5, 5.41) is 0. The molecule has 0 aliphatic carbocycles. The van der Waals surface area contributed by atoms with Gasteiger partial charge in [-0.05, 0) is 37.0 Å². The average molecular weight is 382 g/mol. The fourth-order valence-corrected chi connectivity index (χ4v) is 2.91. The number of alkyl halides is 3. The van der Waals surface area contributed by atoms with Crippen LogP contribution in [-0.2, 0) is 9.53 Å². The molecule has 8 heteroatoms. The van der Waals surface area contributed by atoms with E-state index >= 15 is 0 Å². The van der Waals surface area contributed by atoms with Gasteiger partial charge in [-0.2, -0.15) is 13.2 Å². The van der Waals surface area contributed by atoms with Crippen LogP contribution in [0.25, 0.3) is 0 Å². The van der Waals surface area contributed by atoms with E-state index in [2.05, 4.69) is 12.8 Å². The first-order valence-electron chi connectivity index (χ1n) is 8.49. The van der Waals surface area contributed by atoms with Gasteiger partial charge in [0.2, 0.25) is 0 Å². The Morgan fingerprint density at radius 2 is 1.96 bits per heavy atom. The number of nitrogens with zero attached hydrogens (tertiary/aromatic N) is 2. The smallest absolute Gasteiger partial charge is 0.449 e. The molecule has 0 spiro atoms.